The van der Waals surface area contributed by atoms with Crippen molar-refractivity contribution in [2.24, 2.45) is 5.92 Å². The van der Waals surface area contributed by atoms with E-state index in [2.05, 4.69) is 48.5 Å². The Morgan fingerprint density at radius 1 is 0.774 bits per heavy atom. The van der Waals surface area contributed by atoms with Crippen LogP contribution in [0.1, 0.15) is 42.4 Å². The summed E-state index contributed by atoms with van der Waals surface area (Å²) in [6.07, 6.45) is 4.22. The smallest absolute Gasteiger partial charge is 0.207 e. The normalized spacial score (nSPS) is 23.4. The Morgan fingerprint density at radius 2 is 1.32 bits per heavy atom. The Hall–Kier alpha value is -2.43. The third-order valence-corrected chi connectivity index (χ3v) is 9.23. The monoisotopic (exact) mass is 431 g/mol. The first-order valence-corrected chi connectivity index (χ1v) is 12.7. The predicted molar refractivity (Wildman–Crippen MR) is 124 cm³/mol. The van der Waals surface area contributed by atoms with Gasteiger partial charge in [-0.25, -0.2) is 8.42 Å². The highest BCUT2D eigenvalue weighted by atomic mass is 32.2. The molecule has 1 aliphatic heterocycles. The summed E-state index contributed by atoms with van der Waals surface area (Å²) in [7, 11) is -3.58. The molecule has 31 heavy (non-hydrogen) atoms. The van der Waals surface area contributed by atoms with Crippen LogP contribution in [-0.2, 0) is 15.4 Å². The maximum Gasteiger partial charge on any atom is 0.243 e. The lowest BCUT2D eigenvalue weighted by Crippen LogP contribution is -2.39. The zero-order valence-corrected chi connectivity index (χ0v) is 18.8. The fraction of sp³-hybridized carbons (Fsp3) is 0.333. The lowest BCUT2D eigenvalue weighted by Gasteiger charge is -2.39. The highest BCUT2D eigenvalue weighted by molar-refractivity contribution is 7.89. The number of sulfonamides is 1. The first kappa shape index (κ1) is 20.5. The summed E-state index contributed by atoms with van der Waals surface area (Å²) >= 11 is 0. The van der Waals surface area contributed by atoms with E-state index >= 15 is 0 Å². The van der Waals surface area contributed by atoms with Gasteiger partial charge in [-0.3, -0.25) is 0 Å². The molecule has 0 unspecified atom stereocenters. The predicted octanol–water partition coefficient (Wildman–Crippen LogP) is 5.54. The van der Waals surface area contributed by atoms with Gasteiger partial charge in [-0.15, -0.1) is 0 Å². The molecular weight excluding hydrogens is 402 g/mol. The van der Waals surface area contributed by atoms with E-state index in [0.717, 1.165) is 31.2 Å². The lowest BCUT2D eigenvalue weighted by molar-refractivity contribution is 0.236. The van der Waals surface area contributed by atoms with Gasteiger partial charge < -0.3 is 0 Å². The number of hydrogen-bond acceptors (Lipinski definition) is 2. The molecule has 0 spiro atoms. The summed E-state index contributed by atoms with van der Waals surface area (Å²) in [4.78, 5) is 0.402. The third-order valence-electron chi connectivity index (χ3n) is 7.34. The first-order chi connectivity index (χ1) is 15.0. The van der Waals surface area contributed by atoms with Gasteiger partial charge in [0.05, 0.1) is 4.90 Å². The van der Waals surface area contributed by atoms with Crippen LogP contribution in [0.3, 0.4) is 0 Å². The number of rotatable bonds is 4. The van der Waals surface area contributed by atoms with E-state index in [-0.39, 0.29) is 17.4 Å². The van der Waals surface area contributed by atoms with Gasteiger partial charge in [0.1, 0.15) is 0 Å². The van der Waals surface area contributed by atoms with Gasteiger partial charge in [0.15, 0.2) is 0 Å². The Morgan fingerprint density at radius 3 is 1.90 bits per heavy atom. The molecule has 1 aliphatic carbocycles. The Bertz CT molecular complexity index is 1100. The standard InChI is InChI=1S/C27H29NO2S/c1-21-16-18-24(19-17-21)31(29,30)28-20-27(22-10-4-2-5-11-22,23-12-6-3-7-13-23)25-14-8-9-15-26(25)28/h2-7,10-13,16-19,25-26H,8-9,14-15,20H2,1H3/t25-,26+/m1/s1. The second kappa shape index (κ2) is 7.92. The van der Waals surface area contributed by atoms with Gasteiger partial charge in [-0.2, -0.15) is 4.31 Å². The molecule has 1 saturated heterocycles. The fourth-order valence-corrected chi connectivity index (χ4v) is 7.60. The van der Waals surface area contributed by atoms with Crippen molar-refractivity contribution >= 4 is 10.0 Å². The Balaban J connectivity index is 1.69. The molecule has 0 radical (unpaired) electrons. The summed E-state index contributed by atoms with van der Waals surface area (Å²) in [6.45, 7) is 2.48. The Kier molecular flexibility index (Phi) is 5.23. The van der Waals surface area contributed by atoms with E-state index in [1.165, 1.54) is 11.1 Å². The van der Waals surface area contributed by atoms with Crippen LogP contribution in [0.4, 0.5) is 0 Å². The molecule has 3 aromatic carbocycles. The molecule has 2 fully saturated rings. The molecule has 1 heterocycles. The van der Waals surface area contributed by atoms with Gasteiger partial charge in [0.2, 0.25) is 10.0 Å². The lowest BCUT2D eigenvalue weighted by atomic mass is 9.63. The van der Waals surface area contributed by atoms with E-state index < -0.39 is 10.0 Å². The number of hydrogen-bond donors (Lipinski definition) is 0. The van der Waals surface area contributed by atoms with Gasteiger partial charge in [0, 0.05) is 18.0 Å². The van der Waals surface area contributed by atoms with Crippen molar-refractivity contribution in [2.45, 2.75) is 49.0 Å². The van der Waals surface area contributed by atoms with Crippen LogP contribution in [0.5, 0.6) is 0 Å². The molecule has 0 aromatic heterocycles. The summed E-state index contributed by atoms with van der Waals surface area (Å²) in [5.74, 6) is 0.270. The molecule has 5 rings (SSSR count). The molecule has 3 aromatic rings. The third kappa shape index (κ3) is 3.33. The summed E-state index contributed by atoms with van der Waals surface area (Å²) < 4.78 is 29.6. The molecular formula is C27H29NO2S. The van der Waals surface area contributed by atoms with Crippen molar-refractivity contribution in [3.05, 3.63) is 102 Å². The van der Waals surface area contributed by atoms with E-state index in [1.807, 2.05) is 35.5 Å². The van der Waals surface area contributed by atoms with Crippen molar-refractivity contribution < 1.29 is 8.42 Å². The number of nitrogens with zero attached hydrogens (tertiary/aromatic N) is 1. The number of aryl methyl sites for hydroxylation is 1. The average molecular weight is 432 g/mol. The maximum absolute atomic E-state index is 13.9. The zero-order chi connectivity index (χ0) is 21.5. The molecule has 2 atom stereocenters. The van der Waals surface area contributed by atoms with Gasteiger partial charge in [-0.1, -0.05) is 91.2 Å². The minimum atomic E-state index is -3.58. The molecule has 3 nitrogen and oxygen atoms in total. The molecule has 0 amide bonds. The average Bonchev–Trinajstić information content (AvgIpc) is 3.18. The molecule has 0 N–H and O–H groups in total. The van der Waals surface area contributed by atoms with E-state index in [0.29, 0.717) is 11.4 Å². The minimum Gasteiger partial charge on any atom is -0.207 e. The van der Waals surface area contributed by atoms with Crippen LogP contribution in [-0.4, -0.2) is 25.3 Å². The van der Waals surface area contributed by atoms with Crippen LogP contribution in [0.2, 0.25) is 0 Å². The maximum atomic E-state index is 13.9. The minimum absolute atomic E-state index is 0.0282. The van der Waals surface area contributed by atoms with Crippen LogP contribution in [0.15, 0.2) is 89.8 Å². The van der Waals surface area contributed by atoms with Crippen LogP contribution >= 0.6 is 0 Å². The number of fused-ring (bicyclic) bond motifs is 1. The topological polar surface area (TPSA) is 37.4 Å². The molecule has 2 aliphatic rings. The second-order valence-corrected chi connectivity index (χ2v) is 10.9. The van der Waals surface area contributed by atoms with Gasteiger partial charge in [-0.05, 0) is 48.9 Å². The first-order valence-electron chi connectivity index (χ1n) is 11.2. The van der Waals surface area contributed by atoms with Crippen LogP contribution < -0.4 is 0 Å². The summed E-state index contributed by atoms with van der Waals surface area (Å²) in [5, 5.41) is 0. The van der Waals surface area contributed by atoms with Crippen LogP contribution in [0.25, 0.3) is 0 Å². The molecule has 160 valence electrons. The molecule has 0 bridgehead atoms. The number of benzene rings is 3. The molecule has 4 heteroatoms. The summed E-state index contributed by atoms with van der Waals surface area (Å²) in [6, 6.07) is 28.4. The quantitative estimate of drug-likeness (QED) is 0.543. The van der Waals surface area contributed by atoms with Crippen molar-refractivity contribution in [1.82, 2.24) is 4.31 Å². The van der Waals surface area contributed by atoms with Crippen molar-refractivity contribution in [1.29, 1.82) is 0 Å². The highest BCUT2D eigenvalue weighted by Gasteiger charge is 2.57. The summed E-state index contributed by atoms with van der Waals surface area (Å²) in [5.41, 5.74) is 3.18. The highest BCUT2D eigenvalue weighted by Crippen LogP contribution is 2.54. The van der Waals surface area contributed by atoms with E-state index in [9.17, 15) is 8.42 Å². The Labute approximate surface area is 185 Å². The van der Waals surface area contributed by atoms with Crippen molar-refractivity contribution in [3.63, 3.8) is 0 Å². The largest absolute Gasteiger partial charge is 0.243 e. The molecule has 1 saturated carbocycles. The fourth-order valence-electron chi connectivity index (χ4n) is 5.87. The van der Waals surface area contributed by atoms with E-state index in [1.54, 1.807) is 12.1 Å². The van der Waals surface area contributed by atoms with E-state index in [4.69, 9.17) is 0 Å². The van der Waals surface area contributed by atoms with Gasteiger partial charge in [0.25, 0.3) is 0 Å². The second-order valence-electron chi connectivity index (χ2n) is 9.03. The van der Waals surface area contributed by atoms with Gasteiger partial charge >= 0.3 is 0 Å². The van der Waals surface area contributed by atoms with Crippen LogP contribution in [0, 0.1) is 12.8 Å². The van der Waals surface area contributed by atoms with Crippen molar-refractivity contribution in [2.75, 3.05) is 6.54 Å². The SMILES string of the molecule is Cc1ccc(S(=O)(=O)N2CC(c3ccccc3)(c3ccccc3)[C@@H]3CCCC[C@@H]32)cc1. The zero-order valence-electron chi connectivity index (χ0n) is 17.9. The van der Waals surface area contributed by atoms with Crippen molar-refractivity contribution in [3.8, 4) is 0 Å².